The second kappa shape index (κ2) is 11.8. The predicted octanol–water partition coefficient (Wildman–Crippen LogP) is 1.74. The number of methoxy groups -OCH3 is 1. The number of nitrogens with two attached hydrogens (primary N) is 1. The highest BCUT2D eigenvalue weighted by atomic mass is 16.5. The third-order valence-corrected chi connectivity index (χ3v) is 5.71. The molecule has 3 aromatic rings. The van der Waals surface area contributed by atoms with E-state index in [-0.39, 0.29) is 31.4 Å². The lowest BCUT2D eigenvalue weighted by atomic mass is 10.1. The average Bonchev–Trinajstić information content (AvgIpc) is 3.17. The van der Waals surface area contributed by atoms with Gasteiger partial charge in [0.1, 0.15) is 0 Å². The molecule has 36 heavy (non-hydrogen) atoms. The lowest BCUT2D eigenvalue weighted by Gasteiger charge is -2.09. The van der Waals surface area contributed by atoms with Crippen LogP contribution in [0, 0.1) is 13.8 Å². The SMILES string of the molecule is COC(=O)CCc1c(C)nn(-c2ccc(C(=O)NCc3ccc(C(=O)NCC(N)=O)cc3)cc2)c1C. The molecule has 10 nitrogen and oxygen atoms in total. The number of primary amides is 1. The number of carbonyl (C=O) groups excluding carboxylic acids is 4. The van der Waals surface area contributed by atoms with Crippen molar-refractivity contribution in [2.75, 3.05) is 13.7 Å². The predicted molar refractivity (Wildman–Crippen MR) is 133 cm³/mol. The first-order valence-corrected chi connectivity index (χ1v) is 11.4. The van der Waals surface area contributed by atoms with Crippen LogP contribution in [0.15, 0.2) is 48.5 Å². The third-order valence-electron chi connectivity index (χ3n) is 5.71. The molecule has 0 atom stereocenters. The molecule has 0 radical (unpaired) electrons. The lowest BCUT2D eigenvalue weighted by molar-refractivity contribution is -0.140. The molecule has 4 N–H and O–H groups in total. The zero-order valence-electron chi connectivity index (χ0n) is 20.5. The maximum Gasteiger partial charge on any atom is 0.305 e. The number of esters is 1. The second-order valence-corrected chi connectivity index (χ2v) is 8.21. The first-order valence-electron chi connectivity index (χ1n) is 11.4. The summed E-state index contributed by atoms with van der Waals surface area (Å²) in [6.07, 6.45) is 0.831. The zero-order chi connectivity index (χ0) is 26.2. The fourth-order valence-electron chi connectivity index (χ4n) is 3.70. The topological polar surface area (TPSA) is 145 Å². The Balaban J connectivity index is 1.59. The summed E-state index contributed by atoms with van der Waals surface area (Å²) in [6, 6.07) is 13.8. The van der Waals surface area contributed by atoms with Crippen LogP contribution in [0.3, 0.4) is 0 Å². The van der Waals surface area contributed by atoms with Gasteiger partial charge in [0, 0.05) is 29.8 Å². The molecule has 2 aromatic carbocycles. The van der Waals surface area contributed by atoms with Gasteiger partial charge in [0.15, 0.2) is 0 Å². The largest absolute Gasteiger partial charge is 0.469 e. The van der Waals surface area contributed by atoms with Crippen molar-refractivity contribution in [3.8, 4) is 5.69 Å². The van der Waals surface area contributed by atoms with Gasteiger partial charge in [-0.3, -0.25) is 19.2 Å². The summed E-state index contributed by atoms with van der Waals surface area (Å²) in [6.45, 7) is 3.90. The quantitative estimate of drug-likeness (QED) is 0.368. The minimum atomic E-state index is -0.619. The summed E-state index contributed by atoms with van der Waals surface area (Å²) in [4.78, 5) is 46.8. The molecule has 0 aliphatic rings. The molecule has 0 aliphatic heterocycles. The highest BCUT2D eigenvalue weighted by Gasteiger charge is 2.15. The van der Waals surface area contributed by atoms with Crippen LogP contribution in [0.2, 0.25) is 0 Å². The highest BCUT2D eigenvalue weighted by molar-refractivity contribution is 5.96. The molecule has 188 valence electrons. The maximum atomic E-state index is 12.6. The van der Waals surface area contributed by atoms with Crippen molar-refractivity contribution >= 4 is 23.7 Å². The Morgan fingerprint density at radius 1 is 0.917 bits per heavy atom. The van der Waals surface area contributed by atoms with Crippen molar-refractivity contribution in [1.29, 1.82) is 0 Å². The van der Waals surface area contributed by atoms with Crippen molar-refractivity contribution in [3.05, 3.63) is 82.2 Å². The average molecular weight is 492 g/mol. The van der Waals surface area contributed by atoms with E-state index < -0.39 is 11.8 Å². The fraction of sp³-hybridized carbons (Fsp3) is 0.269. The smallest absolute Gasteiger partial charge is 0.305 e. The summed E-state index contributed by atoms with van der Waals surface area (Å²) >= 11 is 0. The first kappa shape index (κ1) is 26.1. The van der Waals surface area contributed by atoms with Crippen LogP contribution < -0.4 is 16.4 Å². The Morgan fingerprint density at radius 2 is 1.50 bits per heavy atom. The number of nitrogens with one attached hydrogen (secondary N) is 2. The van der Waals surface area contributed by atoms with E-state index in [4.69, 9.17) is 10.5 Å². The number of nitrogens with zero attached hydrogens (tertiary/aromatic N) is 2. The fourth-order valence-corrected chi connectivity index (χ4v) is 3.70. The number of aryl methyl sites for hydroxylation is 1. The van der Waals surface area contributed by atoms with E-state index in [1.165, 1.54) is 7.11 Å². The molecule has 0 spiro atoms. The third kappa shape index (κ3) is 6.56. The van der Waals surface area contributed by atoms with Gasteiger partial charge in [-0.05, 0) is 67.8 Å². The number of rotatable bonds is 10. The first-order chi connectivity index (χ1) is 17.2. The summed E-state index contributed by atoms with van der Waals surface area (Å²) in [5.74, 6) is -1.52. The van der Waals surface area contributed by atoms with Gasteiger partial charge in [0.25, 0.3) is 11.8 Å². The number of hydrogen-bond acceptors (Lipinski definition) is 6. The van der Waals surface area contributed by atoms with E-state index in [2.05, 4.69) is 15.7 Å². The molecule has 3 amide bonds. The Labute approximate surface area is 208 Å². The number of ether oxygens (including phenoxy) is 1. The molecule has 0 saturated heterocycles. The number of hydrogen-bond donors (Lipinski definition) is 3. The van der Waals surface area contributed by atoms with E-state index in [1.807, 2.05) is 26.0 Å². The van der Waals surface area contributed by atoms with E-state index in [9.17, 15) is 19.2 Å². The minimum absolute atomic E-state index is 0.231. The van der Waals surface area contributed by atoms with Crippen molar-refractivity contribution in [2.24, 2.45) is 5.73 Å². The summed E-state index contributed by atoms with van der Waals surface area (Å²) in [5, 5.41) is 9.86. The molecule has 0 aliphatic carbocycles. The molecule has 0 fully saturated rings. The van der Waals surface area contributed by atoms with E-state index >= 15 is 0 Å². The van der Waals surface area contributed by atoms with E-state index in [0.717, 1.165) is 28.2 Å². The van der Waals surface area contributed by atoms with Gasteiger partial charge in [-0.2, -0.15) is 5.10 Å². The van der Waals surface area contributed by atoms with Crippen LogP contribution >= 0.6 is 0 Å². The zero-order valence-corrected chi connectivity index (χ0v) is 20.5. The molecule has 0 unspecified atom stereocenters. The standard InChI is InChI=1S/C26H29N5O5/c1-16-22(12-13-24(33)36-3)17(2)31(30-16)21-10-8-20(9-11-21)25(34)28-14-18-4-6-19(7-5-18)26(35)29-15-23(27)32/h4-11H,12-15H2,1-3H3,(H2,27,32)(H,28,34)(H,29,35). The summed E-state index contributed by atoms with van der Waals surface area (Å²) < 4.78 is 6.52. The number of benzene rings is 2. The van der Waals surface area contributed by atoms with E-state index in [0.29, 0.717) is 17.5 Å². The monoisotopic (exact) mass is 491 g/mol. The van der Waals surface area contributed by atoms with Crippen molar-refractivity contribution < 1.29 is 23.9 Å². The number of carbonyl (C=O) groups is 4. The van der Waals surface area contributed by atoms with E-state index in [1.54, 1.807) is 41.1 Å². The van der Waals surface area contributed by atoms with Crippen LogP contribution in [-0.4, -0.2) is 47.1 Å². The van der Waals surface area contributed by atoms with Crippen LogP contribution in [0.5, 0.6) is 0 Å². The van der Waals surface area contributed by atoms with Crippen LogP contribution in [0.4, 0.5) is 0 Å². The van der Waals surface area contributed by atoms with Gasteiger partial charge >= 0.3 is 5.97 Å². The van der Waals surface area contributed by atoms with Gasteiger partial charge in [0.2, 0.25) is 5.91 Å². The molecule has 1 aromatic heterocycles. The highest BCUT2D eigenvalue weighted by Crippen LogP contribution is 2.20. The number of amides is 3. The van der Waals surface area contributed by atoms with Crippen LogP contribution in [0.25, 0.3) is 5.69 Å². The van der Waals surface area contributed by atoms with Crippen LogP contribution in [0.1, 0.15) is 49.7 Å². The Hall–Kier alpha value is -4.47. The molecule has 10 heteroatoms. The van der Waals surface area contributed by atoms with Crippen molar-refractivity contribution in [1.82, 2.24) is 20.4 Å². The Morgan fingerprint density at radius 3 is 2.08 bits per heavy atom. The van der Waals surface area contributed by atoms with Gasteiger partial charge in [0.05, 0.1) is 25.0 Å². The number of aromatic nitrogens is 2. The molecule has 0 bridgehead atoms. The molecular formula is C26H29N5O5. The molecular weight excluding hydrogens is 462 g/mol. The molecule has 0 saturated carbocycles. The molecule has 3 rings (SSSR count). The second-order valence-electron chi connectivity index (χ2n) is 8.21. The van der Waals surface area contributed by atoms with Gasteiger partial charge in [-0.15, -0.1) is 0 Å². The lowest BCUT2D eigenvalue weighted by Crippen LogP contribution is -2.33. The normalized spacial score (nSPS) is 10.5. The molecule has 1 heterocycles. The minimum Gasteiger partial charge on any atom is -0.469 e. The Bertz CT molecular complexity index is 1260. The Kier molecular flexibility index (Phi) is 8.56. The van der Waals surface area contributed by atoms with Crippen molar-refractivity contribution in [3.63, 3.8) is 0 Å². The van der Waals surface area contributed by atoms with Gasteiger partial charge in [-0.1, -0.05) is 12.1 Å². The van der Waals surface area contributed by atoms with Gasteiger partial charge < -0.3 is 21.1 Å². The maximum absolute atomic E-state index is 12.6. The van der Waals surface area contributed by atoms with Gasteiger partial charge in [-0.25, -0.2) is 4.68 Å². The summed E-state index contributed by atoms with van der Waals surface area (Å²) in [5.41, 5.74) is 10.3. The van der Waals surface area contributed by atoms with Crippen LogP contribution in [-0.2, 0) is 27.3 Å². The summed E-state index contributed by atoms with van der Waals surface area (Å²) in [7, 11) is 1.37. The van der Waals surface area contributed by atoms with Crippen molar-refractivity contribution in [2.45, 2.75) is 33.2 Å².